The summed E-state index contributed by atoms with van der Waals surface area (Å²) in [6.45, 7) is 3.53. The van der Waals surface area contributed by atoms with E-state index in [1.54, 1.807) is 24.1 Å². The molecule has 1 atom stereocenters. The number of hydrogen-bond donors (Lipinski definition) is 0. The first-order chi connectivity index (χ1) is 11.6. The Morgan fingerprint density at radius 1 is 1.50 bits per heavy atom. The van der Waals surface area contributed by atoms with E-state index in [4.69, 9.17) is 9.57 Å². The standard InChI is InChI=1S/C17H24N4O3/c1-12-4-7-18-16-14(12)11-19-21(16)15(17(22)20(2)23-3)10-13-5-8-24-9-6-13/h4,7,11,13,15H,5-6,8-10H2,1-3H3. The first-order valence-corrected chi connectivity index (χ1v) is 8.30. The van der Waals surface area contributed by atoms with E-state index in [9.17, 15) is 4.79 Å². The summed E-state index contributed by atoms with van der Waals surface area (Å²) in [6.07, 6.45) is 6.18. The van der Waals surface area contributed by atoms with Gasteiger partial charge in [0.2, 0.25) is 0 Å². The molecule has 0 aliphatic carbocycles. The van der Waals surface area contributed by atoms with Gasteiger partial charge in [-0.1, -0.05) is 0 Å². The number of nitrogens with zero attached hydrogens (tertiary/aromatic N) is 4. The van der Waals surface area contributed by atoms with E-state index < -0.39 is 6.04 Å². The fraction of sp³-hybridized carbons (Fsp3) is 0.588. The third kappa shape index (κ3) is 3.27. The van der Waals surface area contributed by atoms with Crippen molar-refractivity contribution in [1.29, 1.82) is 0 Å². The Hall–Kier alpha value is -1.99. The Morgan fingerprint density at radius 3 is 2.96 bits per heavy atom. The van der Waals surface area contributed by atoms with E-state index >= 15 is 0 Å². The van der Waals surface area contributed by atoms with Gasteiger partial charge in [-0.05, 0) is 43.7 Å². The van der Waals surface area contributed by atoms with Crippen LogP contribution in [0.5, 0.6) is 0 Å². The summed E-state index contributed by atoms with van der Waals surface area (Å²) in [5, 5.41) is 6.73. The second-order valence-corrected chi connectivity index (χ2v) is 6.28. The van der Waals surface area contributed by atoms with E-state index in [2.05, 4.69) is 10.1 Å². The van der Waals surface area contributed by atoms with Gasteiger partial charge in [0.05, 0.1) is 13.3 Å². The molecule has 1 aliphatic heterocycles. The number of ether oxygens (including phenoxy) is 1. The topological polar surface area (TPSA) is 69.5 Å². The number of carbonyl (C=O) groups excluding carboxylic acids is 1. The molecular weight excluding hydrogens is 308 g/mol. The van der Waals surface area contributed by atoms with Crippen LogP contribution in [0.3, 0.4) is 0 Å². The van der Waals surface area contributed by atoms with E-state index in [1.165, 1.54) is 12.2 Å². The van der Waals surface area contributed by atoms with E-state index in [0.717, 1.165) is 42.7 Å². The quantitative estimate of drug-likeness (QED) is 0.785. The van der Waals surface area contributed by atoms with Gasteiger partial charge in [0, 0.05) is 31.8 Å². The SMILES string of the molecule is CON(C)C(=O)C(CC1CCOCC1)n1ncc2c(C)ccnc21. The largest absolute Gasteiger partial charge is 0.381 e. The van der Waals surface area contributed by atoms with Crippen LogP contribution in [0.4, 0.5) is 0 Å². The molecule has 1 amide bonds. The second-order valence-electron chi connectivity index (χ2n) is 6.28. The summed E-state index contributed by atoms with van der Waals surface area (Å²) >= 11 is 0. The molecule has 7 nitrogen and oxygen atoms in total. The second kappa shape index (κ2) is 7.27. The van der Waals surface area contributed by atoms with Gasteiger partial charge in [-0.15, -0.1) is 0 Å². The van der Waals surface area contributed by atoms with Gasteiger partial charge in [0.15, 0.2) is 5.65 Å². The van der Waals surface area contributed by atoms with Gasteiger partial charge in [-0.3, -0.25) is 9.63 Å². The number of hydroxylamine groups is 2. The molecule has 3 rings (SSSR count). The molecule has 0 saturated carbocycles. The van der Waals surface area contributed by atoms with Gasteiger partial charge < -0.3 is 4.74 Å². The number of hydrogen-bond acceptors (Lipinski definition) is 5. The van der Waals surface area contributed by atoms with Crippen molar-refractivity contribution < 1.29 is 14.4 Å². The molecule has 130 valence electrons. The maximum atomic E-state index is 12.9. The summed E-state index contributed by atoms with van der Waals surface area (Å²) in [6, 6.07) is 1.52. The molecule has 0 aromatic carbocycles. The lowest BCUT2D eigenvalue weighted by atomic mass is 9.92. The average molecular weight is 332 g/mol. The minimum absolute atomic E-state index is 0.114. The number of fused-ring (bicyclic) bond motifs is 1. The van der Waals surface area contributed by atoms with E-state index in [0.29, 0.717) is 12.3 Å². The maximum Gasteiger partial charge on any atom is 0.270 e. The van der Waals surface area contributed by atoms with Crippen molar-refractivity contribution in [3.05, 3.63) is 24.0 Å². The highest BCUT2D eigenvalue weighted by Gasteiger charge is 2.30. The Bertz CT molecular complexity index is 709. The summed E-state index contributed by atoms with van der Waals surface area (Å²) in [5.41, 5.74) is 1.84. The van der Waals surface area contributed by atoms with Gasteiger partial charge in [-0.2, -0.15) is 5.10 Å². The molecule has 2 aromatic rings. The lowest BCUT2D eigenvalue weighted by Crippen LogP contribution is -2.36. The van der Waals surface area contributed by atoms with Crippen LogP contribution in [0.15, 0.2) is 18.5 Å². The Labute approximate surface area is 141 Å². The normalized spacial score (nSPS) is 17.1. The Balaban J connectivity index is 1.95. The van der Waals surface area contributed by atoms with E-state index in [-0.39, 0.29) is 5.91 Å². The number of carbonyl (C=O) groups is 1. The zero-order chi connectivity index (χ0) is 17.1. The van der Waals surface area contributed by atoms with Gasteiger partial charge in [-0.25, -0.2) is 14.7 Å². The Kier molecular flexibility index (Phi) is 5.11. The maximum absolute atomic E-state index is 12.9. The summed E-state index contributed by atoms with van der Waals surface area (Å²) in [4.78, 5) is 22.4. The number of pyridine rings is 1. The summed E-state index contributed by atoms with van der Waals surface area (Å²) in [7, 11) is 3.12. The highest BCUT2D eigenvalue weighted by molar-refractivity contribution is 5.83. The fourth-order valence-corrected chi connectivity index (χ4v) is 3.20. The smallest absolute Gasteiger partial charge is 0.270 e. The van der Waals surface area contributed by atoms with Gasteiger partial charge in [0.1, 0.15) is 6.04 Å². The van der Waals surface area contributed by atoms with Crippen LogP contribution in [0.2, 0.25) is 0 Å². The van der Waals surface area contributed by atoms with Crippen molar-refractivity contribution in [3.63, 3.8) is 0 Å². The van der Waals surface area contributed by atoms with Gasteiger partial charge in [0.25, 0.3) is 5.91 Å². The van der Waals surface area contributed by atoms with Crippen LogP contribution in [0.1, 0.15) is 30.9 Å². The first-order valence-electron chi connectivity index (χ1n) is 8.30. The third-order valence-electron chi connectivity index (χ3n) is 4.78. The van der Waals surface area contributed by atoms with Crippen LogP contribution in [0, 0.1) is 12.8 Å². The molecule has 1 unspecified atom stereocenters. The molecule has 3 heterocycles. The fourth-order valence-electron chi connectivity index (χ4n) is 3.20. The molecule has 2 aromatic heterocycles. The molecule has 0 bridgehead atoms. The van der Waals surface area contributed by atoms with Gasteiger partial charge >= 0.3 is 0 Å². The van der Waals surface area contributed by atoms with E-state index in [1.807, 2.05) is 13.0 Å². The number of aromatic nitrogens is 3. The third-order valence-corrected chi connectivity index (χ3v) is 4.78. The van der Waals surface area contributed by atoms with Crippen LogP contribution in [0.25, 0.3) is 11.0 Å². The van der Waals surface area contributed by atoms with Crippen LogP contribution in [-0.4, -0.2) is 53.1 Å². The molecule has 1 fully saturated rings. The molecule has 1 aliphatic rings. The highest BCUT2D eigenvalue weighted by Crippen LogP contribution is 2.29. The minimum Gasteiger partial charge on any atom is -0.381 e. The molecule has 24 heavy (non-hydrogen) atoms. The highest BCUT2D eigenvalue weighted by atomic mass is 16.7. The molecule has 1 saturated heterocycles. The summed E-state index contributed by atoms with van der Waals surface area (Å²) < 4.78 is 7.18. The van der Waals surface area contributed by atoms with Crippen molar-refractivity contribution in [1.82, 2.24) is 19.8 Å². The first kappa shape index (κ1) is 16.9. The number of rotatable bonds is 5. The van der Waals surface area contributed by atoms with Crippen molar-refractivity contribution in [3.8, 4) is 0 Å². The average Bonchev–Trinajstić information content (AvgIpc) is 3.04. The number of amides is 1. The monoisotopic (exact) mass is 332 g/mol. The molecular formula is C17H24N4O3. The predicted octanol–water partition coefficient (Wildman–Crippen LogP) is 2.12. The number of likely N-dealkylation sites (N-methyl/N-ethyl adjacent to an activating group) is 1. The molecule has 0 radical (unpaired) electrons. The van der Waals surface area contributed by atoms with Crippen molar-refractivity contribution in [2.75, 3.05) is 27.4 Å². The minimum atomic E-state index is -0.426. The van der Waals surface area contributed by atoms with Crippen molar-refractivity contribution in [2.45, 2.75) is 32.2 Å². The molecule has 0 spiro atoms. The number of aryl methyl sites for hydroxylation is 1. The zero-order valence-electron chi connectivity index (χ0n) is 14.4. The van der Waals surface area contributed by atoms with Crippen LogP contribution >= 0.6 is 0 Å². The van der Waals surface area contributed by atoms with Crippen LogP contribution in [-0.2, 0) is 14.4 Å². The van der Waals surface area contributed by atoms with Crippen molar-refractivity contribution in [2.24, 2.45) is 5.92 Å². The lowest BCUT2D eigenvalue weighted by Gasteiger charge is -2.28. The zero-order valence-corrected chi connectivity index (χ0v) is 14.4. The predicted molar refractivity (Wildman–Crippen MR) is 89.2 cm³/mol. The Morgan fingerprint density at radius 2 is 2.25 bits per heavy atom. The van der Waals surface area contributed by atoms with Crippen molar-refractivity contribution >= 4 is 16.9 Å². The lowest BCUT2D eigenvalue weighted by molar-refractivity contribution is -0.173. The summed E-state index contributed by atoms with van der Waals surface area (Å²) in [5.74, 6) is 0.319. The molecule has 0 N–H and O–H groups in total. The molecule has 7 heteroatoms. The van der Waals surface area contributed by atoms with Crippen LogP contribution < -0.4 is 0 Å².